The highest BCUT2D eigenvalue weighted by Crippen LogP contribution is 2.33. The standard InChI is InChI=1S/C23H15Cl2NO/c24-18-10-6-15(7-11-18)21(23(27)17-8-12-19(25)13-9-17)20-5-1-3-16-4-2-14-26-22(16)20/h1-14,21H. The molecule has 1 atom stereocenters. The Labute approximate surface area is 167 Å². The Hall–Kier alpha value is -2.68. The van der Waals surface area contributed by atoms with Gasteiger partial charge in [0.15, 0.2) is 5.78 Å². The van der Waals surface area contributed by atoms with Crippen LogP contribution in [0, 0.1) is 0 Å². The molecule has 0 aliphatic heterocycles. The van der Waals surface area contributed by atoms with Crippen molar-refractivity contribution >= 4 is 39.9 Å². The summed E-state index contributed by atoms with van der Waals surface area (Å²) in [5.41, 5.74) is 3.17. The molecule has 0 amide bonds. The molecule has 4 rings (SSSR count). The van der Waals surface area contributed by atoms with Gasteiger partial charge in [0.25, 0.3) is 0 Å². The monoisotopic (exact) mass is 391 g/mol. The second-order valence-corrected chi connectivity index (χ2v) is 7.15. The number of carbonyl (C=O) groups is 1. The minimum Gasteiger partial charge on any atom is -0.293 e. The lowest BCUT2D eigenvalue weighted by Crippen LogP contribution is -2.15. The first-order valence-electron chi connectivity index (χ1n) is 8.52. The summed E-state index contributed by atoms with van der Waals surface area (Å²) in [5, 5.41) is 2.23. The first kappa shape index (κ1) is 17.7. The number of rotatable bonds is 4. The Morgan fingerprint density at radius 1 is 0.778 bits per heavy atom. The summed E-state index contributed by atoms with van der Waals surface area (Å²) in [6, 6.07) is 24.2. The number of aromatic nitrogens is 1. The maximum Gasteiger partial charge on any atom is 0.174 e. The Balaban J connectivity index is 1.91. The second-order valence-electron chi connectivity index (χ2n) is 6.28. The molecule has 132 valence electrons. The van der Waals surface area contributed by atoms with Gasteiger partial charge in [0.1, 0.15) is 0 Å². The topological polar surface area (TPSA) is 30.0 Å². The molecule has 2 nitrogen and oxygen atoms in total. The molecule has 4 heteroatoms. The number of benzene rings is 3. The predicted molar refractivity (Wildman–Crippen MR) is 111 cm³/mol. The van der Waals surface area contributed by atoms with Crippen LogP contribution in [-0.4, -0.2) is 10.8 Å². The SMILES string of the molecule is O=C(c1ccc(Cl)cc1)C(c1ccc(Cl)cc1)c1cccc2cccnc12. The molecule has 1 heterocycles. The minimum absolute atomic E-state index is 0.00728. The maximum atomic E-state index is 13.5. The number of carbonyl (C=O) groups excluding carboxylic acids is 1. The zero-order valence-corrected chi connectivity index (χ0v) is 15.8. The Kier molecular flexibility index (Phi) is 4.93. The van der Waals surface area contributed by atoms with Crippen LogP contribution in [0.3, 0.4) is 0 Å². The van der Waals surface area contributed by atoms with Gasteiger partial charge in [-0.05, 0) is 53.6 Å². The van der Waals surface area contributed by atoms with E-state index in [9.17, 15) is 4.79 Å². The fourth-order valence-corrected chi connectivity index (χ4v) is 3.52. The van der Waals surface area contributed by atoms with E-state index in [1.807, 2.05) is 42.5 Å². The Morgan fingerprint density at radius 2 is 1.41 bits per heavy atom. The van der Waals surface area contributed by atoms with Crippen molar-refractivity contribution < 1.29 is 4.79 Å². The number of nitrogens with zero attached hydrogens (tertiary/aromatic N) is 1. The molecular formula is C23H15Cl2NO. The van der Waals surface area contributed by atoms with E-state index in [0.29, 0.717) is 15.6 Å². The van der Waals surface area contributed by atoms with Gasteiger partial charge >= 0.3 is 0 Å². The highest BCUT2D eigenvalue weighted by Gasteiger charge is 2.26. The van der Waals surface area contributed by atoms with Crippen LogP contribution in [0.2, 0.25) is 10.0 Å². The molecular weight excluding hydrogens is 377 g/mol. The summed E-state index contributed by atoms with van der Waals surface area (Å²) in [7, 11) is 0. The van der Waals surface area contributed by atoms with Gasteiger partial charge in [-0.1, -0.05) is 59.6 Å². The van der Waals surface area contributed by atoms with Gasteiger partial charge < -0.3 is 0 Å². The highest BCUT2D eigenvalue weighted by molar-refractivity contribution is 6.31. The van der Waals surface area contributed by atoms with Gasteiger partial charge in [-0.3, -0.25) is 9.78 Å². The van der Waals surface area contributed by atoms with Gasteiger partial charge in [0.2, 0.25) is 0 Å². The Morgan fingerprint density at radius 3 is 2.11 bits per heavy atom. The van der Waals surface area contributed by atoms with Crippen LogP contribution in [0.4, 0.5) is 0 Å². The summed E-state index contributed by atoms with van der Waals surface area (Å²) in [5.74, 6) is -0.491. The summed E-state index contributed by atoms with van der Waals surface area (Å²) in [6.07, 6.45) is 1.75. The van der Waals surface area contributed by atoms with E-state index in [-0.39, 0.29) is 5.78 Å². The zero-order chi connectivity index (χ0) is 18.8. The van der Waals surface area contributed by atoms with Crippen LogP contribution >= 0.6 is 23.2 Å². The number of fused-ring (bicyclic) bond motifs is 1. The molecule has 1 aromatic heterocycles. The largest absolute Gasteiger partial charge is 0.293 e. The number of para-hydroxylation sites is 1. The lowest BCUT2D eigenvalue weighted by molar-refractivity contribution is 0.0974. The third-order valence-electron chi connectivity index (χ3n) is 4.57. The van der Waals surface area contributed by atoms with Crippen molar-refractivity contribution in [2.24, 2.45) is 0 Å². The van der Waals surface area contributed by atoms with Gasteiger partial charge in [-0.25, -0.2) is 0 Å². The normalized spacial score (nSPS) is 12.1. The fraction of sp³-hybridized carbons (Fsp3) is 0.0435. The fourth-order valence-electron chi connectivity index (χ4n) is 3.27. The van der Waals surface area contributed by atoms with Crippen molar-refractivity contribution in [2.75, 3.05) is 0 Å². The van der Waals surface area contributed by atoms with Crippen molar-refractivity contribution in [3.63, 3.8) is 0 Å². The van der Waals surface area contributed by atoms with Crippen molar-refractivity contribution in [2.45, 2.75) is 5.92 Å². The average molecular weight is 392 g/mol. The summed E-state index contributed by atoms with van der Waals surface area (Å²) in [4.78, 5) is 18.0. The highest BCUT2D eigenvalue weighted by atomic mass is 35.5. The molecule has 1 unspecified atom stereocenters. The predicted octanol–water partition coefficient (Wildman–Crippen LogP) is 6.56. The van der Waals surface area contributed by atoms with Crippen LogP contribution in [0.25, 0.3) is 10.9 Å². The lowest BCUT2D eigenvalue weighted by Gasteiger charge is -2.19. The van der Waals surface area contributed by atoms with Crippen molar-refractivity contribution in [1.29, 1.82) is 0 Å². The van der Waals surface area contributed by atoms with E-state index in [2.05, 4.69) is 4.98 Å². The van der Waals surface area contributed by atoms with Crippen LogP contribution in [-0.2, 0) is 0 Å². The molecule has 3 aromatic carbocycles. The quantitative estimate of drug-likeness (QED) is 0.368. The van der Waals surface area contributed by atoms with Crippen LogP contribution in [0.1, 0.15) is 27.4 Å². The first-order valence-corrected chi connectivity index (χ1v) is 9.28. The number of pyridine rings is 1. The van der Waals surface area contributed by atoms with Gasteiger partial charge in [-0.15, -0.1) is 0 Å². The molecule has 0 aliphatic carbocycles. The number of ketones is 1. The molecule has 0 bridgehead atoms. The molecule has 0 saturated heterocycles. The number of halogens is 2. The third-order valence-corrected chi connectivity index (χ3v) is 5.07. The molecule has 0 spiro atoms. The second kappa shape index (κ2) is 7.51. The smallest absolute Gasteiger partial charge is 0.174 e. The third kappa shape index (κ3) is 3.59. The van der Waals surface area contributed by atoms with Gasteiger partial charge in [0.05, 0.1) is 11.4 Å². The van der Waals surface area contributed by atoms with Gasteiger partial charge in [0, 0.05) is 27.2 Å². The first-order chi connectivity index (χ1) is 13.1. The van der Waals surface area contributed by atoms with Crippen LogP contribution in [0.5, 0.6) is 0 Å². The van der Waals surface area contributed by atoms with Crippen LogP contribution in [0.15, 0.2) is 85.1 Å². The summed E-state index contributed by atoms with van der Waals surface area (Å²) >= 11 is 12.0. The van der Waals surface area contributed by atoms with Crippen LogP contribution < -0.4 is 0 Å². The van der Waals surface area contributed by atoms with Crippen molar-refractivity contribution in [1.82, 2.24) is 4.98 Å². The van der Waals surface area contributed by atoms with E-state index in [0.717, 1.165) is 22.0 Å². The molecule has 0 radical (unpaired) electrons. The number of hydrogen-bond acceptors (Lipinski definition) is 2. The molecule has 0 fully saturated rings. The van der Waals surface area contributed by atoms with Crippen molar-refractivity contribution in [3.8, 4) is 0 Å². The van der Waals surface area contributed by atoms with Gasteiger partial charge in [-0.2, -0.15) is 0 Å². The molecule has 0 aliphatic rings. The van der Waals surface area contributed by atoms with E-state index >= 15 is 0 Å². The summed E-state index contributed by atoms with van der Waals surface area (Å²) in [6.45, 7) is 0. The van der Waals surface area contributed by atoms with E-state index in [1.54, 1.807) is 42.6 Å². The average Bonchev–Trinajstić information content (AvgIpc) is 2.70. The molecule has 0 N–H and O–H groups in total. The van der Waals surface area contributed by atoms with E-state index < -0.39 is 5.92 Å². The Bertz CT molecular complexity index is 1100. The number of hydrogen-bond donors (Lipinski definition) is 0. The molecule has 0 saturated carbocycles. The zero-order valence-electron chi connectivity index (χ0n) is 14.3. The van der Waals surface area contributed by atoms with E-state index in [4.69, 9.17) is 23.2 Å². The molecule has 27 heavy (non-hydrogen) atoms. The van der Waals surface area contributed by atoms with E-state index in [1.165, 1.54) is 0 Å². The minimum atomic E-state index is -0.484. The molecule has 4 aromatic rings. The number of Topliss-reactive ketones (excluding diaryl/α,β-unsaturated/α-hetero) is 1. The summed E-state index contributed by atoms with van der Waals surface area (Å²) < 4.78 is 0. The maximum absolute atomic E-state index is 13.5. The van der Waals surface area contributed by atoms with Crippen molar-refractivity contribution in [3.05, 3.63) is 112 Å². The lowest BCUT2D eigenvalue weighted by atomic mass is 9.84.